The molecule has 240 valence electrons. The molecule has 4 saturated carbocycles. The van der Waals surface area contributed by atoms with Crippen molar-refractivity contribution in [2.75, 3.05) is 0 Å². The van der Waals surface area contributed by atoms with Gasteiger partial charge in [-0.25, -0.2) is 0 Å². The van der Waals surface area contributed by atoms with Crippen LogP contribution in [0.2, 0.25) is 0 Å². The summed E-state index contributed by atoms with van der Waals surface area (Å²) in [6.45, 7) is 14.7. The molecule has 4 aliphatic rings. The maximum atomic E-state index is 14.9. The smallest absolute Gasteiger partial charge is 0.308 e. The lowest BCUT2D eigenvalue weighted by Gasteiger charge is -2.54. The van der Waals surface area contributed by atoms with Gasteiger partial charge in [0.1, 0.15) is 17.8 Å². The molecule has 0 aliphatic heterocycles. The molecule has 0 radical (unpaired) electrons. The molecule has 0 amide bonds. The molecule has 0 unspecified atom stereocenters. The number of carbonyl (C=O) groups excluding carboxylic acids is 6. The molecule has 0 saturated heterocycles. The number of hydrogen-bond donors (Lipinski definition) is 1. The Labute approximate surface area is 251 Å². The highest BCUT2D eigenvalue weighted by Crippen LogP contribution is 2.74. The third-order valence-corrected chi connectivity index (χ3v) is 10.3. The standard InChI is InChI=1S/C31H44O12/c1-13(2)26(36)41-25-22-23(40-16(5)33)14(3)12-30(22,38)27(37)29(10,42-17(6)34)24-21-19(28(21,8)9)11-20(39-15(4)32)31(24,25)43-18(7)35/h13-14,19-25,38H,11-12H2,1-10H3/t14-,19-,20+,21+,22+,23-,24-,25+,29-,30+,31-/m0/s1. The lowest BCUT2D eigenvalue weighted by molar-refractivity contribution is -0.268. The van der Waals surface area contributed by atoms with Gasteiger partial charge in [-0.15, -0.1) is 0 Å². The second-order valence-electron chi connectivity index (χ2n) is 14.0. The van der Waals surface area contributed by atoms with E-state index in [0.717, 1.165) is 13.8 Å². The summed E-state index contributed by atoms with van der Waals surface area (Å²) in [5.41, 5.74) is -7.17. The molecule has 11 atom stereocenters. The van der Waals surface area contributed by atoms with Crippen molar-refractivity contribution in [2.24, 2.45) is 40.9 Å². The summed E-state index contributed by atoms with van der Waals surface area (Å²) in [6, 6.07) is 0. The molecule has 0 aromatic rings. The number of ketones is 1. The molecule has 4 fully saturated rings. The highest BCUT2D eigenvalue weighted by Gasteiger charge is 2.85. The summed E-state index contributed by atoms with van der Waals surface area (Å²) in [7, 11) is 0. The first-order valence-corrected chi connectivity index (χ1v) is 14.9. The highest BCUT2D eigenvalue weighted by atomic mass is 16.6. The molecular weight excluding hydrogens is 564 g/mol. The van der Waals surface area contributed by atoms with E-state index in [0.29, 0.717) is 0 Å². The Kier molecular flexibility index (Phi) is 8.07. The van der Waals surface area contributed by atoms with E-state index in [2.05, 4.69) is 0 Å². The maximum Gasteiger partial charge on any atom is 0.308 e. The number of esters is 5. The minimum atomic E-state index is -2.37. The van der Waals surface area contributed by atoms with Crippen LogP contribution in [0.15, 0.2) is 0 Å². The number of carbonyl (C=O) groups is 6. The average Bonchev–Trinajstić information content (AvgIpc) is 3.28. The lowest BCUT2D eigenvalue weighted by Crippen LogP contribution is -2.71. The van der Waals surface area contributed by atoms with Gasteiger partial charge in [0, 0.05) is 27.7 Å². The zero-order chi connectivity index (χ0) is 32.6. The van der Waals surface area contributed by atoms with Crippen LogP contribution in [0.5, 0.6) is 0 Å². The summed E-state index contributed by atoms with van der Waals surface area (Å²) in [4.78, 5) is 79.2. The van der Waals surface area contributed by atoms with Crippen molar-refractivity contribution in [1.82, 2.24) is 0 Å². The van der Waals surface area contributed by atoms with Crippen molar-refractivity contribution in [1.29, 1.82) is 0 Å². The van der Waals surface area contributed by atoms with Crippen LogP contribution >= 0.6 is 0 Å². The van der Waals surface area contributed by atoms with Crippen molar-refractivity contribution >= 4 is 35.6 Å². The second kappa shape index (κ2) is 10.6. The number of aliphatic hydroxyl groups is 1. The molecule has 0 bridgehead atoms. The first-order valence-electron chi connectivity index (χ1n) is 14.9. The lowest BCUT2D eigenvalue weighted by atomic mass is 9.62. The monoisotopic (exact) mass is 608 g/mol. The maximum absolute atomic E-state index is 14.9. The SMILES string of the molecule is CC(=O)O[C@@H]1[C@@H]2[C@@H](OC(=O)C(C)C)[C@@]3(OC(C)=O)[C@@H]([C@H]4[C@H](C[C@H]3OC(C)=O)C4(C)C)[C@](C)(OC(C)=O)C(=O)[C@@]2(O)C[C@@H]1C. The molecular formula is C31H44O12. The van der Waals surface area contributed by atoms with Crippen molar-refractivity contribution in [3.63, 3.8) is 0 Å². The Morgan fingerprint density at radius 3 is 1.88 bits per heavy atom. The van der Waals surface area contributed by atoms with E-state index in [9.17, 15) is 33.9 Å². The van der Waals surface area contributed by atoms with E-state index in [4.69, 9.17) is 23.7 Å². The minimum absolute atomic E-state index is 0.167. The first-order chi connectivity index (χ1) is 19.7. The fraction of sp³-hybridized carbons (Fsp3) is 0.806. The van der Waals surface area contributed by atoms with Crippen LogP contribution in [0.25, 0.3) is 0 Å². The van der Waals surface area contributed by atoms with E-state index in [1.165, 1.54) is 20.8 Å². The molecule has 1 N–H and O–H groups in total. The van der Waals surface area contributed by atoms with Crippen LogP contribution < -0.4 is 0 Å². The topological polar surface area (TPSA) is 169 Å². The normalized spacial score (nSPS) is 42.4. The molecule has 4 rings (SSSR count). The summed E-state index contributed by atoms with van der Waals surface area (Å²) >= 11 is 0. The quantitative estimate of drug-likeness (QED) is 0.345. The molecule has 12 heteroatoms. The van der Waals surface area contributed by atoms with E-state index < -0.39 is 106 Å². The molecule has 43 heavy (non-hydrogen) atoms. The number of ether oxygens (including phenoxy) is 5. The molecule has 0 heterocycles. The highest BCUT2D eigenvalue weighted by molar-refractivity contribution is 5.98. The largest absolute Gasteiger partial charge is 0.462 e. The average molecular weight is 609 g/mol. The number of hydrogen-bond acceptors (Lipinski definition) is 12. The Balaban J connectivity index is 2.18. The zero-order valence-corrected chi connectivity index (χ0v) is 26.5. The van der Waals surface area contributed by atoms with E-state index in [1.54, 1.807) is 20.8 Å². The van der Waals surface area contributed by atoms with Gasteiger partial charge in [0.15, 0.2) is 17.3 Å². The minimum Gasteiger partial charge on any atom is -0.462 e. The van der Waals surface area contributed by atoms with E-state index in [1.807, 2.05) is 13.8 Å². The van der Waals surface area contributed by atoms with Gasteiger partial charge >= 0.3 is 29.8 Å². The molecule has 0 aromatic carbocycles. The van der Waals surface area contributed by atoms with Crippen LogP contribution in [0.3, 0.4) is 0 Å². The van der Waals surface area contributed by atoms with Gasteiger partial charge in [-0.05, 0) is 42.9 Å². The van der Waals surface area contributed by atoms with Gasteiger partial charge in [-0.1, -0.05) is 34.6 Å². The fourth-order valence-electron chi connectivity index (χ4n) is 8.81. The molecule has 12 nitrogen and oxygen atoms in total. The van der Waals surface area contributed by atoms with E-state index >= 15 is 0 Å². The molecule has 4 aliphatic carbocycles. The third-order valence-electron chi connectivity index (χ3n) is 10.3. The summed E-state index contributed by atoms with van der Waals surface area (Å²) < 4.78 is 29.9. The third kappa shape index (κ3) is 4.93. The van der Waals surface area contributed by atoms with E-state index in [-0.39, 0.29) is 18.8 Å². The fourth-order valence-corrected chi connectivity index (χ4v) is 8.81. The summed E-state index contributed by atoms with van der Waals surface area (Å²) in [5, 5.41) is 12.5. The second-order valence-corrected chi connectivity index (χ2v) is 14.0. The van der Waals surface area contributed by atoms with Gasteiger partial charge in [0.05, 0.1) is 17.8 Å². The van der Waals surface area contributed by atoms with Crippen LogP contribution in [-0.2, 0) is 52.5 Å². The number of fused-ring (bicyclic) bond motifs is 4. The van der Waals surface area contributed by atoms with Crippen LogP contribution in [0.4, 0.5) is 0 Å². The van der Waals surface area contributed by atoms with Crippen molar-refractivity contribution in [3.05, 3.63) is 0 Å². The van der Waals surface area contributed by atoms with Gasteiger partial charge in [-0.3, -0.25) is 28.8 Å². The zero-order valence-electron chi connectivity index (χ0n) is 26.5. The number of rotatable bonds is 6. The van der Waals surface area contributed by atoms with Crippen LogP contribution in [0, 0.1) is 40.9 Å². The Morgan fingerprint density at radius 1 is 0.837 bits per heavy atom. The molecule has 0 aromatic heterocycles. The summed E-state index contributed by atoms with van der Waals surface area (Å²) in [6.07, 6.45) is -4.20. The Morgan fingerprint density at radius 2 is 1.40 bits per heavy atom. The van der Waals surface area contributed by atoms with Crippen molar-refractivity contribution in [2.45, 2.75) is 117 Å². The van der Waals surface area contributed by atoms with Crippen LogP contribution in [-0.4, -0.2) is 75.9 Å². The predicted molar refractivity (Wildman–Crippen MR) is 147 cm³/mol. The van der Waals surface area contributed by atoms with Gasteiger partial charge < -0.3 is 28.8 Å². The van der Waals surface area contributed by atoms with Crippen LogP contribution in [0.1, 0.15) is 82.1 Å². The predicted octanol–water partition coefficient (Wildman–Crippen LogP) is 2.30. The number of Topliss-reactive ketones (excluding diaryl/α,β-unsaturated/α-hetero) is 1. The summed E-state index contributed by atoms with van der Waals surface area (Å²) in [5.74, 6) is -9.44. The van der Waals surface area contributed by atoms with Crippen molar-refractivity contribution in [3.8, 4) is 0 Å². The Hall–Kier alpha value is -3.02. The Bertz CT molecular complexity index is 1240. The van der Waals surface area contributed by atoms with Gasteiger partial charge in [-0.2, -0.15) is 0 Å². The molecule has 0 spiro atoms. The van der Waals surface area contributed by atoms with Gasteiger partial charge in [0.25, 0.3) is 0 Å². The first kappa shape index (κ1) is 32.9. The van der Waals surface area contributed by atoms with Crippen molar-refractivity contribution < 1.29 is 57.6 Å². The van der Waals surface area contributed by atoms with Gasteiger partial charge in [0.2, 0.25) is 5.78 Å².